The molecule has 0 aliphatic carbocycles. The molecule has 2 atom stereocenters. The highest BCUT2D eigenvalue weighted by molar-refractivity contribution is 5.85. The van der Waals surface area contributed by atoms with Gasteiger partial charge in [-0.05, 0) is 30.2 Å². The first kappa shape index (κ1) is 19.5. The molecule has 6 nitrogen and oxygen atoms in total. The molecular weight excluding hydrogens is 320 g/mol. The number of nitrogens with one attached hydrogen (secondary N) is 2. The van der Waals surface area contributed by atoms with Crippen molar-refractivity contribution in [2.45, 2.75) is 18.9 Å². The van der Waals surface area contributed by atoms with Crippen LogP contribution < -0.4 is 20.1 Å². The number of carbonyl (C=O) groups is 1. The summed E-state index contributed by atoms with van der Waals surface area (Å²) in [7, 11) is 3.22. The maximum Gasteiger partial charge on any atom is 0.220 e. The third-order valence-electron chi connectivity index (χ3n) is 3.97. The lowest BCUT2D eigenvalue weighted by Crippen LogP contribution is -2.34. The Labute approximate surface area is 143 Å². The number of benzene rings is 1. The van der Waals surface area contributed by atoms with Gasteiger partial charge in [0.15, 0.2) is 0 Å². The molecule has 0 aromatic heterocycles. The summed E-state index contributed by atoms with van der Waals surface area (Å²) in [4.78, 5) is 11.9. The average Bonchev–Trinajstić information content (AvgIpc) is 2.95. The normalized spacial score (nSPS) is 19.8. The summed E-state index contributed by atoms with van der Waals surface area (Å²) < 4.78 is 10.5. The van der Waals surface area contributed by atoms with Gasteiger partial charge in [-0.25, -0.2) is 0 Å². The number of carbonyl (C=O) groups excluding carboxylic acids is 1. The number of amides is 1. The molecule has 7 heteroatoms. The van der Waals surface area contributed by atoms with Crippen LogP contribution in [-0.4, -0.2) is 51.0 Å². The van der Waals surface area contributed by atoms with E-state index in [2.05, 4.69) is 10.6 Å². The van der Waals surface area contributed by atoms with Crippen LogP contribution in [0, 0.1) is 5.92 Å². The number of ether oxygens (including phenoxy) is 2. The third-order valence-corrected chi connectivity index (χ3v) is 3.97. The van der Waals surface area contributed by atoms with Gasteiger partial charge in [0.05, 0.1) is 20.3 Å². The topological polar surface area (TPSA) is 79.8 Å². The van der Waals surface area contributed by atoms with Crippen LogP contribution in [-0.2, 0) is 11.2 Å². The molecule has 0 radical (unpaired) electrons. The minimum atomic E-state index is -0.376. The van der Waals surface area contributed by atoms with Gasteiger partial charge in [-0.2, -0.15) is 0 Å². The van der Waals surface area contributed by atoms with Crippen molar-refractivity contribution in [2.24, 2.45) is 5.92 Å². The van der Waals surface area contributed by atoms with Crippen molar-refractivity contribution in [2.75, 3.05) is 33.9 Å². The van der Waals surface area contributed by atoms with Crippen LogP contribution in [0.4, 0.5) is 0 Å². The zero-order chi connectivity index (χ0) is 15.9. The Morgan fingerprint density at radius 3 is 2.74 bits per heavy atom. The number of hydrogen-bond donors (Lipinski definition) is 3. The molecule has 1 fully saturated rings. The van der Waals surface area contributed by atoms with E-state index in [1.165, 1.54) is 0 Å². The molecule has 1 amide bonds. The minimum absolute atomic E-state index is 0. The van der Waals surface area contributed by atoms with Crippen molar-refractivity contribution >= 4 is 18.3 Å². The second-order valence-electron chi connectivity index (χ2n) is 5.47. The SMILES string of the molecule is COc1ccc(OC)c(CCC(=O)NCC2CNCC2O)c1.Cl. The van der Waals surface area contributed by atoms with E-state index in [-0.39, 0.29) is 30.3 Å². The summed E-state index contributed by atoms with van der Waals surface area (Å²) in [6, 6.07) is 5.56. The summed E-state index contributed by atoms with van der Waals surface area (Å²) in [5.41, 5.74) is 0.944. The molecule has 1 saturated heterocycles. The quantitative estimate of drug-likeness (QED) is 0.680. The lowest BCUT2D eigenvalue weighted by Gasteiger charge is -2.14. The van der Waals surface area contributed by atoms with Gasteiger partial charge in [0.1, 0.15) is 11.5 Å². The molecule has 1 aromatic carbocycles. The molecule has 3 N–H and O–H groups in total. The van der Waals surface area contributed by atoms with Crippen molar-refractivity contribution in [1.29, 1.82) is 0 Å². The second kappa shape index (κ2) is 9.60. The molecule has 0 saturated carbocycles. The lowest BCUT2D eigenvalue weighted by atomic mass is 10.1. The van der Waals surface area contributed by atoms with Gasteiger partial charge in [-0.15, -0.1) is 12.4 Å². The van der Waals surface area contributed by atoms with Gasteiger partial charge in [-0.3, -0.25) is 4.79 Å². The van der Waals surface area contributed by atoms with Gasteiger partial charge < -0.3 is 25.2 Å². The molecule has 0 bridgehead atoms. The molecule has 1 aromatic rings. The molecule has 0 spiro atoms. The average molecular weight is 345 g/mol. The highest BCUT2D eigenvalue weighted by atomic mass is 35.5. The molecule has 1 heterocycles. The van der Waals surface area contributed by atoms with E-state index < -0.39 is 0 Å². The van der Waals surface area contributed by atoms with Gasteiger partial charge in [0.2, 0.25) is 5.91 Å². The number of β-amino-alcohol motifs (C(OH)–C–C–N with tert-alkyl or cyclic N) is 1. The molecule has 23 heavy (non-hydrogen) atoms. The van der Waals surface area contributed by atoms with E-state index in [0.717, 1.165) is 23.6 Å². The summed E-state index contributed by atoms with van der Waals surface area (Å²) in [5, 5.41) is 15.7. The van der Waals surface area contributed by atoms with E-state index in [1.807, 2.05) is 18.2 Å². The predicted molar refractivity (Wildman–Crippen MR) is 90.5 cm³/mol. The minimum Gasteiger partial charge on any atom is -0.497 e. The summed E-state index contributed by atoms with van der Waals surface area (Å²) >= 11 is 0. The Morgan fingerprint density at radius 1 is 1.35 bits per heavy atom. The van der Waals surface area contributed by atoms with Crippen LogP contribution in [0.3, 0.4) is 0 Å². The Hall–Kier alpha value is -1.50. The number of aryl methyl sites for hydroxylation is 1. The summed E-state index contributed by atoms with van der Waals surface area (Å²) in [6.07, 6.45) is 0.580. The van der Waals surface area contributed by atoms with Crippen molar-refractivity contribution in [3.05, 3.63) is 23.8 Å². The molecule has 1 aliphatic heterocycles. The van der Waals surface area contributed by atoms with Crippen molar-refractivity contribution in [1.82, 2.24) is 10.6 Å². The fraction of sp³-hybridized carbons (Fsp3) is 0.562. The van der Waals surface area contributed by atoms with E-state index >= 15 is 0 Å². The molecule has 130 valence electrons. The fourth-order valence-electron chi connectivity index (χ4n) is 2.59. The first-order valence-electron chi connectivity index (χ1n) is 7.50. The Morgan fingerprint density at radius 2 is 2.13 bits per heavy atom. The first-order valence-corrected chi connectivity index (χ1v) is 7.50. The molecule has 2 rings (SSSR count). The van der Waals surface area contributed by atoms with Gasteiger partial charge in [-0.1, -0.05) is 0 Å². The van der Waals surface area contributed by atoms with Crippen LogP contribution >= 0.6 is 12.4 Å². The molecular formula is C16H25ClN2O4. The maximum absolute atomic E-state index is 11.9. The van der Waals surface area contributed by atoms with Gasteiger partial charge in [0, 0.05) is 32.0 Å². The Bertz CT molecular complexity index is 513. The smallest absolute Gasteiger partial charge is 0.220 e. The first-order chi connectivity index (χ1) is 10.6. The molecule has 1 aliphatic rings. The number of halogens is 1. The Balaban J connectivity index is 0.00000264. The zero-order valence-electron chi connectivity index (χ0n) is 13.5. The predicted octanol–water partition coefficient (Wildman–Crippen LogP) is 0.755. The largest absolute Gasteiger partial charge is 0.497 e. The number of rotatable bonds is 7. The van der Waals surface area contributed by atoms with Gasteiger partial charge in [0.25, 0.3) is 0 Å². The number of aliphatic hydroxyl groups is 1. The van der Waals surface area contributed by atoms with Crippen LogP contribution in [0.2, 0.25) is 0 Å². The van der Waals surface area contributed by atoms with Crippen LogP contribution in [0.25, 0.3) is 0 Å². The molecule has 2 unspecified atom stereocenters. The van der Waals surface area contributed by atoms with Crippen molar-refractivity contribution in [3.8, 4) is 11.5 Å². The van der Waals surface area contributed by atoms with Crippen molar-refractivity contribution in [3.63, 3.8) is 0 Å². The van der Waals surface area contributed by atoms with Crippen molar-refractivity contribution < 1.29 is 19.4 Å². The highest BCUT2D eigenvalue weighted by Crippen LogP contribution is 2.25. The summed E-state index contributed by atoms with van der Waals surface area (Å²) in [6.45, 7) is 1.84. The van der Waals surface area contributed by atoms with Crippen LogP contribution in [0.15, 0.2) is 18.2 Å². The van der Waals surface area contributed by atoms with Crippen LogP contribution in [0.5, 0.6) is 11.5 Å². The van der Waals surface area contributed by atoms with Gasteiger partial charge >= 0.3 is 0 Å². The fourth-order valence-corrected chi connectivity index (χ4v) is 2.59. The highest BCUT2D eigenvalue weighted by Gasteiger charge is 2.24. The number of hydrogen-bond acceptors (Lipinski definition) is 5. The monoisotopic (exact) mass is 344 g/mol. The lowest BCUT2D eigenvalue weighted by molar-refractivity contribution is -0.121. The number of methoxy groups -OCH3 is 2. The third kappa shape index (κ3) is 5.57. The van der Waals surface area contributed by atoms with Crippen LogP contribution in [0.1, 0.15) is 12.0 Å². The maximum atomic E-state index is 11.9. The summed E-state index contributed by atoms with van der Waals surface area (Å²) in [5.74, 6) is 1.57. The number of aliphatic hydroxyl groups excluding tert-OH is 1. The zero-order valence-corrected chi connectivity index (χ0v) is 14.3. The standard InChI is InChI=1S/C16H24N2O4.ClH/c1-21-13-4-5-15(22-2)11(7-13)3-6-16(20)18-9-12-8-17-10-14(12)19;/h4-5,7,12,14,17,19H,3,6,8-10H2,1-2H3,(H,18,20);1H. The van der Waals surface area contributed by atoms with E-state index in [1.54, 1.807) is 14.2 Å². The van der Waals surface area contributed by atoms with E-state index in [9.17, 15) is 9.90 Å². The van der Waals surface area contributed by atoms with E-state index in [0.29, 0.717) is 25.9 Å². The second-order valence-corrected chi connectivity index (χ2v) is 5.47. The van der Waals surface area contributed by atoms with E-state index in [4.69, 9.17) is 9.47 Å². The Kier molecular flexibility index (Phi) is 8.16.